The topological polar surface area (TPSA) is 72.0 Å². The molecule has 0 aliphatic carbocycles. The van der Waals surface area contributed by atoms with Gasteiger partial charge in [0.1, 0.15) is 12.4 Å². The van der Waals surface area contributed by atoms with Gasteiger partial charge in [-0.05, 0) is 18.9 Å². The molecule has 0 atom stereocenters. The molecule has 0 aromatic heterocycles. The van der Waals surface area contributed by atoms with E-state index in [0.29, 0.717) is 25.5 Å². The van der Waals surface area contributed by atoms with Gasteiger partial charge in [0.25, 0.3) is 0 Å². The lowest BCUT2D eigenvalue weighted by Gasteiger charge is -2.14. The molecule has 0 fully saturated rings. The molecule has 0 unspecified atom stereocenters. The van der Waals surface area contributed by atoms with Crippen molar-refractivity contribution in [3.05, 3.63) is 42.5 Å². The molecular weight excluding hydrogens is 306 g/mol. The minimum absolute atomic E-state index is 0.173. The Morgan fingerprint density at radius 2 is 2.08 bits per heavy atom. The minimum atomic E-state index is -0.173. The summed E-state index contributed by atoms with van der Waals surface area (Å²) in [5.74, 6) is 1.37. The first kappa shape index (κ1) is 19.5. The van der Waals surface area contributed by atoms with Gasteiger partial charge in [0.15, 0.2) is 5.96 Å². The second-order valence-corrected chi connectivity index (χ2v) is 5.09. The highest BCUT2D eigenvalue weighted by atomic mass is 16.5. The van der Waals surface area contributed by atoms with Crippen LogP contribution in [0.5, 0.6) is 5.75 Å². The first-order chi connectivity index (χ1) is 11.7. The third-order valence-corrected chi connectivity index (χ3v) is 3.33. The highest BCUT2D eigenvalue weighted by molar-refractivity contribution is 5.79. The molecule has 1 rings (SSSR count). The number of ether oxygens (including phenoxy) is 2. The summed E-state index contributed by atoms with van der Waals surface area (Å²) in [5.41, 5.74) is 1.05. The summed E-state index contributed by atoms with van der Waals surface area (Å²) in [7, 11) is 3.13. The number of nitrogens with zero attached hydrogens (tertiary/aromatic N) is 1. The van der Waals surface area contributed by atoms with Crippen LogP contribution in [0.2, 0.25) is 0 Å². The van der Waals surface area contributed by atoms with Crippen molar-refractivity contribution in [3.63, 3.8) is 0 Å². The van der Waals surface area contributed by atoms with Gasteiger partial charge in [-0.25, -0.2) is 0 Å². The zero-order valence-electron chi connectivity index (χ0n) is 14.5. The first-order valence-electron chi connectivity index (χ1n) is 8.04. The molecule has 0 saturated heterocycles. The molecule has 24 heavy (non-hydrogen) atoms. The van der Waals surface area contributed by atoms with E-state index < -0.39 is 0 Å². The van der Waals surface area contributed by atoms with Gasteiger partial charge in [0, 0.05) is 32.1 Å². The van der Waals surface area contributed by atoms with Crippen molar-refractivity contribution in [1.82, 2.24) is 10.6 Å². The monoisotopic (exact) mass is 333 g/mol. The molecule has 132 valence electrons. The number of guanidine groups is 1. The number of rotatable bonds is 10. The van der Waals surface area contributed by atoms with E-state index in [9.17, 15) is 4.79 Å². The van der Waals surface area contributed by atoms with Gasteiger partial charge in [0.05, 0.1) is 7.11 Å². The van der Waals surface area contributed by atoms with E-state index in [0.717, 1.165) is 30.7 Å². The van der Waals surface area contributed by atoms with Gasteiger partial charge < -0.3 is 20.1 Å². The molecule has 0 spiro atoms. The minimum Gasteiger partial charge on any atom is -0.489 e. The molecule has 0 aliphatic rings. The number of hydrogen-bond acceptors (Lipinski definition) is 4. The summed E-state index contributed by atoms with van der Waals surface area (Å²) < 4.78 is 10.2. The van der Waals surface area contributed by atoms with Crippen LogP contribution in [0.1, 0.15) is 24.8 Å². The number of hydrogen-bond donors (Lipinski definition) is 2. The Kier molecular flexibility index (Phi) is 9.76. The number of unbranched alkanes of at least 4 members (excludes halogenated alkanes) is 1. The summed E-state index contributed by atoms with van der Waals surface area (Å²) >= 11 is 0. The predicted octanol–water partition coefficient (Wildman–Crippen LogP) is 2.26. The standard InChI is InChI=1S/C18H27N3O3/c1-4-13-24-16-10-6-5-9-15(16)14-21-18(19-2)20-12-8-7-11-17(22)23-3/h4-6,9-10H,1,7-8,11-14H2,2-3H3,(H2,19,20,21). The molecule has 0 bridgehead atoms. The fourth-order valence-corrected chi connectivity index (χ4v) is 2.04. The maximum absolute atomic E-state index is 11.0. The van der Waals surface area contributed by atoms with Crippen LogP contribution in [0.4, 0.5) is 0 Å². The molecule has 1 aromatic rings. The van der Waals surface area contributed by atoms with E-state index >= 15 is 0 Å². The van der Waals surface area contributed by atoms with Crippen LogP contribution in [-0.2, 0) is 16.1 Å². The van der Waals surface area contributed by atoms with Gasteiger partial charge in [-0.1, -0.05) is 30.9 Å². The molecule has 1 aromatic carbocycles. The Balaban J connectivity index is 2.36. The van der Waals surface area contributed by atoms with Crippen LogP contribution in [0.15, 0.2) is 41.9 Å². The van der Waals surface area contributed by atoms with E-state index in [1.165, 1.54) is 7.11 Å². The Labute approximate surface area is 144 Å². The highest BCUT2D eigenvalue weighted by Crippen LogP contribution is 2.17. The summed E-state index contributed by atoms with van der Waals surface area (Å²) in [6, 6.07) is 7.86. The second kappa shape index (κ2) is 12.0. The maximum Gasteiger partial charge on any atom is 0.305 e. The molecule has 0 amide bonds. The van der Waals surface area contributed by atoms with Crippen molar-refractivity contribution < 1.29 is 14.3 Å². The highest BCUT2D eigenvalue weighted by Gasteiger charge is 2.04. The van der Waals surface area contributed by atoms with E-state index in [4.69, 9.17) is 4.74 Å². The number of benzene rings is 1. The number of carbonyl (C=O) groups excluding carboxylic acids is 1. The Morgan fingerprint density at radius 1 is 1.29 bits per heavy atom. The van der Waals surface area contributed by atoms with Gasteiger partial charge in [0.2, 0.25) is 0 Å². The Bertz CT molecular complexity index is 544. The number of para-hydroxylation sites is 1. The average molecular weight is 333 g/mol. The Hall–Kier alpha value is -2.50. The van der Waals surface area contributed by atoms with Crippen LogP contribution >= 0.6 is 0 Å². The van der Waals surface area contributed by atoms with Crippen molar-refractivity contribution >= 4 is 11.9 Å². The van der Waals surface area contributed by atoms with E-state index in [2.05, 4.69) is 26.9 Å². The molecule has 0 aliphatic heterocycles. The molecule has 0 heterocycles. The number of nitrogens with one attached hydrogen (secondary N) is 2. The number of aliphatic imine (C=N–C) groups is 1. The molecule has 0 radical (unpaired) electrons. The van der Waals surface area contributed by atoms with Gasteiger partial charge in [-0.2, -0.15) is 0 Å². The van der Waals surface area contributed by atoms with Crippen molar-refractivity contribution in [1.29, 1.82) is 0 Å². The zero-order valence-corrected chi connectivity index (χ0v) is 14.5. The van der Waals surface area contributed by atoms with E-state index in [-0.39, 0.29) is 5.97 Å². The van der Waals surface area contributed by atoms with E-state index in [1.807, 2.05) is 24.3 Å². The van der Waals surface area contributed by atoms with Crippen molar-refractivity contribution in [2.45, 2.75) is 25.8 Å². The van der Waals surface area contributed by atoms with Gasteiger partial charge in [-0.15, -0.1) is 0 Å². The third kappa shape index (κ3) is 7.67. The van der Waals surface area contributed by atoms with Crippen LogP contribution in [-0.4, -0.2) is 39.2 Å². The summed E-state index contributed by atoms with van der Waals surface area (Å²) in [6.45, 7) is 5.48. The molecular formula is C18H27N3O3. The lowest BCUT2D eigenvalue weighted by atomic mass is 10.2. The second-order valence-electron chi connectivity index (χ2n) is 5.09. The average Bonchev–Trinajstić information content (AvgIpc) is 2.62. The number of methoxy groups -OCH3 is 1. The maximum atomic E-state index is 11.0. The van der Waals surface area contributed by atoms with Crippen molar-refractivity contribution in [2.75, 3.05) is 27.3 Å². The number of carbonyl (C=O) groups is 1. The predicted molar refractivity (Wildman–Crippen MR) is 96.2 cm³/mol. The normalized spacial score (nSPS) is 10.8. The molecule has 2 N–H and O–H groups in total. The quantitative estimate of drug-likeness (QED) is 0.226. The third-order valence-electron chi connectivity index (χ3n) is 3.33. The zero-order chi connectivity index (χ0) is 17.6. The first-order valence-corrected chi connectivity index (χ1v) is 8.04. The lowest BCUT2D eigenvalue weighted by molar-refractivity contribution is -0.140. The van der Waals surface area contributed by atoms with Crippen molar-refractivity contribution in [2.24, 2.45) is 4.99 Å². The van der Waals surface area contributed by atoms with Crippen molar-refractivity contribution in [3.8, 4) is 5.75 Å². The van der Waals surface area contributed by atoms with Gasteiger partial charge in [-0.3, -0.25) is 9.79 Å². The fourth-order valence-electron chi connectivity index (χ4n) is 2.04. The van der Waals surface area contributed by atoms with Crippen LogP contribution in [0.3, 0.4) is 0 Å². The summed E-state index contributed by atoms with van der Waals surface area (Å²) in [4.78, 5) is 15.2. The molecule has 6 nitrogen and oxygen atoms in total. The molecule has 0 saturated carbocycles. The summed E-state index contributed by atoms with van der Waals surface area (Å²) in [5, 5.41) is 6.48. The van der Waals surface area contributed by atoms with Crippen LogP contribution < -0.4 is 15.4 Å². The summed E-state index contributed by atoms with van der Waals surface area (Å²) in [6.07, 6.45) is 3.82. The fraction of sp³-hybridized carbons (Fsp3) is 0.444. The van der Waals surface area contributed by atoms with Crippen LogP contribution in [0.25, 0.3) is 0 Å². The van der Waals surface area contributed by atoms with Crippen LogP contribution in [0, 0.1) is 0 Å². The smallest absolute Gasteiger partial charge is 0.305 e. The lowest BCUT2D eigenvalue weighted by Crippen LogP contribution is -2.37. The van der Waals surface area contributed by atoms with E-state index in [1.54, 1.807) is 13.1 Å². The largest absolute Gasteiger partial charge is 0.489 e. The number of esters is 1. The Morgan fingerprint density at radius 3 is 2.79 bits per heavy atom. The molecule has 6 heteroatoms. The SMILES string of the molecule is C=CCOc1ccccc1CNC(=NC)NCCCCC(=O)OC. The van der Waals surface area contributed by atoms with Gasteiger partial charge >= 0.3 is 5.97 Å².